The molecular formula is C17H20N2O. The van der Waals surface area contributed by atoms with Crippen molar-refractivity contribution in [2.75, 3.05) is 11.5 Å². The average Bonchev–Trinajstić information content (AvgIpc) is 2.40. The molecule has 0 saturated heterocycles. The Kier molecular flexibility index (Phi) is 3.53. The predicted molar refractivity (Wildman–Crippen MR) is 83.8 cm³/mol. The van der Waals surface area contributed by atoms with Gasteiger partial charge in [0, 0.05) is 11.1 Å². The lowest BCUT2D eigenvalue weighted by atomic mass is 9.81. The van der Waals surface area contributed by atoms with E-state index in [0.29, 0.717) is 22.5 Å². The van der Waals surface area contributed by atoms with E-state index in [1.165, 1.54) is 0 Å². The number of benzene rings is 2. The molecule has 0 aliphatic heterocycles. The highest BCUT2D eigenvalue weighted by Crippen LogP contribution is 2.29. The number of anilines is 2. The third kappa shape index (κ3) is 2.52. The largest absolute Gasteiger partial charge is 0.397 e. The number of nitrogens with two attached hydrogens (primary N) is 2. The Hall–Kier alpha value is -2.29. The first-order valence-corrected chi connectivity index (χ1v) is 6.60. The van der Waals surface area contributed by atoms with E-state index in [-0.39, 0.29) is 11.2 Å². The number of rotatable bonds is 2. The van der Waals surface area contributed by atoms with E-state index < -0.39 is 0 Å². The lowest BCUT2D eigenvalue weighted by Crippen LogP contribution is -2.18. The molecule has 0 aliphatic carbocycles. The number of nitrogen functional groups attached to an aromatic ring is 2. The van der Waals surface area contributed by atoms with Crippen LogP contribution in [0.3, 0.4) is 0 Å². The number of ketones is 1. The van der Waals surface area contributed by atoms with Crippen molar-refractivity contribution in [2.24, 2.45) is 0 Å². The molecule has 0 fully saturated rings. The molecule has 0 aromatic heterocycles. The standard InChI is InChI=1S/C17H20N2O/c1-17(2,3)13-9-5-4-7-11(13)16(20)12-8-6-10-14(18)15(12)19/h4-10H,18-19H2,1-3H3. The summed E-state index contributed by atoms with van der Waals surface area (Å²) in [7, 11) is 0. The third-order valence-electron chi connectivity index (χ3n) is 3.36. The molecule has 0 aliphatic rings. The zero-order chi connectivity index (χ0) is 14.9. The molecule has 2 aromatic carbocycles. The van der Waals surface area contributed by atoms with Gasteiger partial charge in [0.15, 0.2) is 5.78 Å². The van der Waals surface area contributed by atoms with Gasteiger partial charge >= 0.3 is 0 Å². The second-order valence-electron chi connectivity index (χ2n) is 5.93. The molecule has 20 heavy (non-hydrogen) atoms. The Labute approximate surface area is 119 Å². The van der Waals surface area contributed by atoms with Crippen molar-refractivity contribution in [3.8, 4) is 0 Å². The van der Waals surface area contributed by atoms with E-state index in [0.717, 1.165) is 5.56 Å². The molecular weight excluding hydrogens is 248 g/mol. The molecule has 2 aromatic rings. The first kappa shape index (κ1) is 14.1. The van der Waals surface area contributed by atoms with Gasteiger partial charge in [-0.15, -0.1) is 0 Å². The Balaban J connectivity index is 2.58. The summed E-state index contributed by atoms with van der Waals surface area (Å²) in [5, 5.41) is 0. The van der Waals surface area contributed by atoms with Gasteiger partial charge in [0.2, 0.25) is 0 Å². The molecule has 0 atom stereocenters. The van der Waals surface area contributed by atoms with E-state index >= 15 is 0 Å². The van der Waals surface area contributed by atoms with Crippen molar-refractivity contribution < 1.29 is 4.79 Å². The maximum Gasteiger partial charge on any atom is 0.195 e. The topological polar surface area (TPSA) is 69.1 Å². The first-order valence-electron chi connectivity index (χ1n) is 6.60. The molecule has 0 bridgehead atoms. The molecule has 2 rings (SSSR count). The SMILES string of the molecule is CC(C)(C)c1ccccc1C(=O)c1cccc(N)c1N. The van der Waals surface area contributed by atoms with E-state index in [1.54, 1.807) is 18.2 Å². The zero-order valence-electron chi connectivity index (χ0n) is 12.1. The Morgan fingerprint density at radius 1 is 0.900 bits per heavy atom. The van der Waals surface area contributed by atoms with Crippen molar-refractivity contribution in [3.63, 3.8) is 0 Å². The van der Waals surface area contributed by atoms with Crippen LogP contribution in [0.1, 0.15) is 42.3 Å². The number of carbonyl (C=O) groups is 1. The molecule has 0 unspecified atom stereocenters. The highest BCUT2D eigenvalue weighted by Gasteiger charge is 2.23. The number of para-hydroxylation sites is 1. The Morgan fingerprint density at radius 2 is 1.50 bits per heavy atom. The minimum absolute atomic E-state index is 0.0830. The van der Waals surface area contributed by atoms with Crippen molar-refractivity contribution >= 4 is 17.2 Å². The lowest BCUT2D eigenvalue weighted by molar-refractivity contribution is 0.103. The highest BCUT2D eigenvalue weighted by atomic mass is 16.1. The normalized spacial score (nSPS) is 11.3. The summed E-state index contributed by atoms with van der Waals surface area (Å²) >= 11 is 0. The smallest absolute Gasteiger partial charge is 0.195 e. The van der Waals surface area contributed by atoms with E-state index in [9.17, 15) is 4.79 Å². The average molecular weight is 268 g/mol. The van der Waals surface area contributed by atoms with Crippen LogP contribution < -0.4 is 11.5 Å². The van der Waals surface area contributed by atoms with Crippen LogP contribution in [-0.4, -0.2) is 5.78 Å². The van der Waals surface area contributed by atoms with Gasteiger partial charge in [0.25, 0.3) is 0 Å². The van der Waals surface area contributed by atoms with Crippen molar-refractivity contribution in [1.82, 2.24) is 0 Å². The Morgan fingerprint density at radius 3 is 2.15 bits per heavy atom. The number of carbonyl (C=O) groups excluding carboxylic acids is 1. The van der Waals surface area contributed by atoms with Crippen LogP contribution in [-0.2, 0) is 5.41 Å². The van der Waals surface area contributed by atoms with Gasteiger partial charge in [-0.1, -0.05) is 51.1 Å². The van der Waals surface area contributed by atoms with Gasteiger partial charge in [-0.3, -0.25) is 4.79 Å². The fourth-order valence-electron chi connectivity index (χ4n) is 2.26. The van der Waals surface area contributed by atoms with Crippen LogP contribution in [0.2, 0.25) is 0 Å². The highest BCUT2D eigenvalue weighted by molar-refractivity contribution is 6.14. The van der Waals surface area contributed by atoms with Gasteiger partial charge in [-0.2, -0.15) is 0 Å². The van der Waals surface area contributed by atoms with Gasteiger partial charge < -0.3 is 11.5 Å². The number of hydrogen-bond donors (Lipinski definition) is 2. The summed E-state index contributed by atoms with van der Waals surface area (Å²) in [4.78, 5) is 12.8. The summed E-state index contributed by atoms with van der Waals surface area (Å²) in [6.07, 6.45) is 0. The van der Waals surface area contributed by atoms with Crippen molar-refractivity contribution in [2.45, 2.75) is 26.2 Å². The van der Waals surface area contributed by atoms with Gasteiger partial charge in [-0.05, 0) is 23.1 Å². The fourth-order valence-corrected chi connectivity index (χ4v) is 2.26. The molecule has 0 saturated carbocycles. The van der Waals surface area contributed by atoms with Crippen LogP contribution in [0, 0.1) is 0 Å². The summed E-state index contributed by atoms with van der Waals surface area (Å²) in [5.74, 6) is -0.0830. The summed E-state index contributed by atoms with van der Waals surface area (Å²) in [5.41, 5.74) is 14.5. The zero-order valence-corrected chi connectivity index (χ0v) is 12.1. The van der Waals surface area contributed by atoms with Crippen LogP contribution in [0.5, 0.6) is 0 Å². The first-order chi connectivity index (χ1) is 9.32. The molecule has 0 spiro atoms. The molecule has 0 amide bonds. The van der Waals surface area contributed by atoms with Gasteiger partial charge in [-0.25, -0.2) is 0 Å². The van der Waals surface area contributed by atoms with Crippen LogP contribution >= 0.6 is 0 Å². The van der Waals surface area contributed by atoms with Crippen LogP contribution in [0.15, 0.2) is 42.5 Å². The summed E-state index contributed by atoms with van der Waals surface area (Å²) in [6.45, 7) is 6.26. The quantitative estimate of drug-likeness (QED) is 0.648. The van der Waals surface area contributed by atoms with E-state index in [1.807, 2.05) is 24.3 Å². The molecule has 3 nitrogen and oxygen atoms in total. The van der Waals surface area contributed by atoms with E-state index in [2.05, 4.69) is 20.8 Å². The number of hydrogen-bond acceptors (Lipinski definition) is 3. The second kappa shape index (κ2) is 5.00. The molecule has 0 radical (unpaired) electrons. The summed E-state index contributed by atoms with van der Waals surface area (Å²) < 4.78 is 0. The van der Waals surface area contributed by atoms with Crippen molar-refractivity contribution in [3.05, 3.63) is 59.2 Å². The van der Waals surface area contributed by atoms with Gasteiger partial charge in [0.05, 0.1) is 11.4 Å². The van der Waals surface area contributed by atoms with E-state index in [4.69, 9.17) is 11.5 Å². The Bertz CT molecular complexity index is 654. The molecule has 4 N–H and O–H groups in total. The minimum Gasteiger partial charge on any atom is -0.397 e. The second-order valence-corrected chi connectivity index (χ2v) is 5.93. The molecule has 0 heterocycles. The third-order valence-corrected chi connectivity index (χ3v) is 3.36. The fraction of sp³-hybridized carbons (Fsp3) is 0.235. The van der Waals surface area contributed by atoms with Crippen LogP contribution in [0.4, 0.5) is 11.4 Å². The predicted octanol–water partition coefficient (Wildman–Crippen LogP) is 3.38. The monoisotopic (exact) mass is 268 g/mol. The minimum atomic E-state index is -0.110. The molecule has 3 heteroatoms. The van der Waals surface area contributed by atoms with Crippen molar-refractivity contribution in [1.29, 1.82) is 0 Å². The van der Waals surface area contributed by atoms with Gasteiger partial charge in [0.1, 0.15) is 0 Å². The maximum atomic E-state index is 12.8. The van der Waals surface area contributed by atoms with Crippen LogP contribution in [0.25, 0.3) is 0 Å². The summed E-state index contributed by atoms with van der Waals surface area (Å²) in [6, 6.07) is 12.8. The molecule has 104 valence electrons. The lowest BCUT2D eigenvalue weighted by Gasteiger charge is -2.22. The maximum absolute atomic E-state index is 12.8.